The molecule has 0 rings (SSSR count). The Morgan fingerprint density at radius 1 is 1.12 bits per heavy atom. The zero-order chi connectivity index (χ0) is 12.7. The molecule has 0 aliphatic heterocycles. The van der Waals surface area contributed by atoms with Crippen molar-refractivity contribution < 1.29 is 33.8 Å². The highest BCUT2D eigenvalue weighted by molar-refractivity contribution is 6.37. The van der Waals surface area contributed by atoms with Crippen molar-refractivity contribution >= 4 is 23.7 Å². The summed E-state index contributed by atoms with van der Waals surface area (Å²) in [6, 6.07) is 0. The van der Waals surface area contributed by atoms with Gasteiger partial charge in [0, 0.05) is 6.42 Å². The van der Waals surface area contributed by atoms with Gasteiger partial charge in [0.15, 0.2) is 0 Å². The fourth-order valence-corrected chi connectivity index (χ4v) is 1.01. The van der Waals surface area contributed by atoms with Crippen molar-refractivity contribution in [2.45, 2.75) is 12.8 Å². The minimum atomic E-state index is -1.74. The summed E-state index contributed by atoms with van der Waals surface area (Å²) >= 11 is 0. The van der Waals surface area contributed by atoms with Crippen LogP contribution in [0.4, 0.5) is 0 Å². The van der Waals surface area contributed by atoms with Crippen LogP contribution in [0.5, 0.6) is 0 Å². The summed E-state index contributed by atoms with van der Waals surface area (Å²) in [4.78, 5) is 43.4. The first-order valence-electron chi connectivity index (χ1n) is 4.35. The van der Waals surface area contributed by atoms with E-state index in [9.17, 15) is 19.2 Å². The van der Waals surface area contributed by atoms with E-state index in [2.05, 4.69) is 9.47 Å². The standard InChI is InChI=1S/C9H12O7/c1-15-6(10)4-3-5(9(14)16-2)7(11)8(12)13/h5H,3-4H2,1-2H3,(H,12,13). The van der Waals surface area contributed by atoms with Crippen LogP contribution >= 0.6 is 0 Å². The molecule has 0 aliphatic rings. The van der Waals surface area contributed by atoms with E-state index < -0.39 is 29.6 Å². The summed E-state index contributed by atoms with van der Waals surface area (Å²) < 4.78 is 8.58. The number of carbonyl (C=O) groups is 4. The van der Waals surface area contributed by atoms with E-state index in [0.29, 0.717) is 0 Å². The number of rotatable bonds is 6. The normalized spacial score (nSPS) is 11.4. The van der Waals surface area contributed by atoms with E-state index in [0.717, 1.165) is 14.2 Å². The van der Waals surface area contributed by atoms with Crippen LogP contribution in [0, 0.1) is 5.92 Å². The van der Waals surface area contributed by atoms with E-state index in [1.165, 1.54) is 0 Å². The summed E-state index contributed by atoms with van der Waals surface area (Å²) in [5.74, 6) is -6.11. The van der Waals surface area contributed by atoms with Crippen LogP contribution in [0.1, 0.15) is 12.8 Å². The second-order valence-electron chi connectivity index (χ2n) is 2.86. The largest absolute Gasteiger partial charge is 0.475 e. The second kappa shape index (κ2) is 6.54. The highest BCUT2D eigenvalue weighted by Gasteiger charge is 2.32. The Hall–Kier alpha value is -1.92. The maximum absolute atomic E-state index is 11.1. The van der Waals surface area contributed by atoms with Crippen LogP contribution in [-0.4, -0.2) is 43.0 Å². The number of methoxy groups -OCH3 is 2. The predicted molar refractivity (Wildman–Crippen MR) is 49.4 cm³/mol. The Balaban J connectivity index is 4.56. The van der Waals surface area contributed by atoms with Gasteiger partial charge in [0.2, 0.25) is 0 Å². The van der Waals surface area contributed by atoms with Gasteiger partial charge in [0.05, 0.1) is 14.2 Å². The molecule has 0 amide bonds. The Labute approximate surface area is 91.3 Å². The monoisotopic (exact) mass is 232 g/mol. The predicted octanol–water partition coefficient (Wildman–Crippen LogP) is -0.617. The molecule has 16 heavy (non-hydrogen) atoms. The Morgan fingerprint density at radius 3 is 2.06 bits per heavy atom. The summed E-state index contributed by atoms with van der Waals surface area (Å²) in [6.45, 7) is 0. The molecule has 1 N–H and O–H groups in total. The molecule has 0 radical (unpaired) electrons. The van der Waals surface area contributed by atoms with Gasteiger partial charge in [-0.1, -0.05) is 0 Å². The lowest BCUT2D eigenvalue weighted by Crippen LogP contribution is -2.31. The van der Waals surface area contributed by atoms with E-state index in [4.69, 9.17) is 5.11 Å². The smallest absolute Gasteiger partial charge is 0.373 e. The third kappa shape index (κ3) is 4.07. The zero-order valence-corrected chi connectivity index (χ0v) is 8.89. The molecule has 0 fully saturated rings. The van der Waals surface area contributed by atoms with Crippen molar-refractivity contribution in [2.24, 2.45) is 5.92 Å². The molecule has 0 saturated carbocycles. The van der Waals surface area contributed by atoms with E-state index in [1.807, 2.05) is 0 Å². The van der Waals surface area contributed by atoms with Gasteiger partial charge in [-0.25, -0.2) is 4.79 Å². The van der Waals surface area contributed by atoms with E-state index in [-0.39, 0.29) is 12.8 Å². The first-order chi connectivity index (χ1) is 7.43. The van der Waals surface area contributed by atoms with Crippen molar-refractivity contribution in [3.63, 3.8) is 0 Å². The van der Waals surface area contributed by atoms with Gasteiger partial charge in [-0.05, 0) is 6.42 Å². The van der Waals surface area contributed by atoms with Crippen LogP contribution < -0.4 is 0 Å². The number of aliphatic carboxylic acids is 1. The maximum Gasteiger partial charge on any atom is 0.373 e. The van der Waals surface area contributed by atoms with Gasteiger partial charge < -0.3 is 14.6 Å². The van der Waals surface area contributed by atoms with Gasteiger partial charge in [-0.3, -0.25) is 14.4 Å². The number of hydrogen-bond donors (Lipinski definition) is 1. The molecule has 0 aromatic heterocycles. The van der Waals surface area contributed by atoms with Crippen molar-refractivity contribution in [2.75, 3.05) is 14.2 Å². The van der Waals surface area contributed by atoms with Crippen LogP contribution in [0.15, 0.2) is 0 Å². The highest BCUT2D eigenvalue weighted by Crippen LogP contribution is 2.11. The van der Waals surface area contributed by atoms with Crippen molar-refractivity contribution in [1.82, 2.24) is 0 Å². The first kappa shape index (κ1) is 14.1. The number of esters is 2. The zero-order valence-electron chi connectivity index (χ0n) is 8.89. The number of ketones is 1. The molecule has 7 heteroatoms. The third-order valence-electron chi connectivity index (χ3n) is 1.88. The lowest BCUT2D eigenvalue weighted by atomic mass is 9.98. The molecule has 0 aliphatic carbocycles. The fourth-order valence-electron chi connectivity index (χ4n) is 1.01. The highest BCUT2D eigenvalue weighted by atomic mass is 16.5. The maximum atomic E-state index is 11.1. The minimum Gasteiger partial charge on any atom is -0.475 e. The molecule has 0 bridgehead atoms. The third-order valence-corrected chi connectivity index (χ3v) is 1.88. The fraction of sp³-hybridized carbons (Fsp3) is 0.556. The van der Waals surface area contributed by atoms with E-state index >= 15 is 0 Å². The second-order valence-corrected chi connectivity index (χ2v) is 2.86. The molecule has 0 aromatic carbocycles. The summed E-state index contributed by atoms with van der Waals surface area (Å²) in [5, 5.41) is 8.45. The average Bonchev–Trinajstić information content (AvgIpc) is 2.27. The van der Waals surface area contributed by atoms with Gasteiger partial charge >= 0.3 is 17.9 Å². The molecule has 90 valence electrons. The van der Waals surface area contributed by atoms with Gasteiger partial charge in [0.25, 0.3) is 5.78 Å². The number of Topliss-reactive ketones (excluding diaryl/α,β-unsaturated/α-hetero) is 1. The van der Waals surface area contributed by atoms with Crippen LogP contribution in [0.3, 0.4) is 0 Å². The molecule has 7 nitrogen and oxygen atoms in total. The van der Waals surface area contributed by atoms with Crippen LogP contribution in [0.25, 0.3) is 0 Å². The van der Waals surface area contributed by atoms with Gasteiger partial charge in [0.1, 0.15) is 5.92 Å². The first-order valence-corrected chi connectivity index (χ1v) is 4.35. The molecule has 1 unspecified atom stereocenters. The van der Waals surface area contributed by atoms with Gasteiger partial charge in [-0.15, -0.1) is 0 Å². The van der Waals surface area contributed by atoms with Crippen LogP contribution in [-0.2, 0) is 28.7 Å². The average molecular weight is 232 g/mol. The molecule has 0 aromatic rings. The summed E-state index contributed by atoms with van der Waals surface area (Å²) in [5.41, 5.74) is 0. The minimum absolute atomic E-state index is 0.227. The van der Waals surface area contributed by atoms with Crippen molar-refractivity contribution in [1.29, 1.82) is 0 Å². The molecule has 1 atom stereocenters. The Bertz CT molecular complexity index is 307. The summed E-state index contributed by atoms with van der Waals surface area (Å²) in [6.07, 6.45) is -0.472. The molecule has 0 heterocycles. The lowest BCUT2D eigenvalue weighted by molar-refractivity contribution is -0.159. The number of hydrogen-bond acceptors (Lipinski definition) is 6. The van der Waals surface area contributed by atoms with Crippen LogP contribution in [0.2, 0.25) is 0 Å². The summed E-state index contributed by atoms with van der Waals surface area (Å²) in [7, 11) is 2.18. The lowest BCUT2D eigenvalue weighted by Gasteiger charge is -2.09. The number of carbonyl (C=O) groups excluding carboxylic acids is 3. The topological polar surface area (TPSA) is 107 Å². The van der Waals surface area contributed by atoms with Gasteiger partial charge in [-0.2, -0.15) is 0 Å². The molecular formula is C9H12O7. The van der Waals surface area contributed by atoms with Crippen molar-refractivity contribution in [3.8, 4) is 0 Å². The Morgan fingerprint density at radius 2 is 1.69 bits per heavy atom. The molecular weight excluding hydrogens is 220 g/mol. The molecule has 0 saturated heterocycles. The molecule has 0 spiro atoms. The number of carboxylic acids is 1. The Kier molecular flexibility index (Phi) is 5.76. The quantitative estimate of drug-likeness (QED) is 0.369. The SMILES string of the molecule is COC(=O)CCC(C(=O)OC)C(=O)C(=O)O. The number of carboxylic acid groups (broad SMARTS) is 1. The van der Waals surface area contributed by atoms with E-state index in [1.54, 1.807) is 0 Å². The van der Waals surface area contributed by atoms with Crippen molar-refractivity contribution in [3.05, 3.63) is 0 Å². The number of ether oxygens (including phenoxy) is 2.